The second kappa shape index (κ2) is 4.67. The Morgan fingerprint density at radius 1 is 1.27 bits per heavy atom. The molecule has 1 aliphatic rings. The first kappa shape index (κ1) is 10.5. The summed E-state index contributed by atoms with van der Waals surface area (Å²) in [7, 11) is 4.32. The summed E-state index contributed by atoms with van der Waals surface area (Å²) in [6, 6.07) is 10.7. The Morgan fingerprint density at radius 3 is 2.67 bits per heavy atom. The number of hydrogen-bond acceptors (Lipinski definition) is 2. The van der Waals surface area contributed by atoms with Crippen LogP contribution < -0.4 is 4.90 Å². The minimum Gasteiger partial charge on any atom is -0.371 e. The van der Waals surface area contributed by atoms with Crippen molar-refractivity contribution in [2.45, 2.75) is 6.42 Å². The zero-order valence-electron chi connectivity index (χ0n) is 9.69. The largest absolute Gasteiger partial charge is 0.371 e. The Bertz CT molecular complexity index is 295. The van der Waals surface area contributed by atoms with Crippen LogP contribution in [-0.4, -0.2) is 38.6 Å². The fraction of sp³-hybridized carbons (Fsp3) is 0.538. The first-order valence-corrected chi connectivity index (χ1v) is 5.70. The van der Waals surface area contributed by atoms with Crippen LogP contribution in [0.4, 0.5) is 5.69 Å². The van der Waals surface area contributed by atoms with Crippen LogP contribution in [0.5, 0.6) is 0 Å². The summed E-state index contributed by atoms with van der Waals surface area (Å²) in [5.74, 6) is 0.834. The molecule has 1 aromatic carbocycles. The highest BCUT2D eigenvalue weighted by Crippen LogP contribution is 2.23. The number of anilines is 1. The predicted octanol–water partition coefficient (Wildman–Crippen LogP) is 2.07. The van der Waals surface area contributed by atoms with Crippen LogP contribution in [-0.2, 0) is 0 Å². The Kier molecular flexibility index (Phi) is 3.27. The molecule has 1 aromatic rings. The quantitative estimate of drug-likeness (QED) is 0.743. The van der Waals surface area contributed by atoms with E-state index in [-0.39, 0.29) is 0 Å². The van der Waals surface area contributed by atoms with Crippen LogP contribution in [0.3, 0.4) is 0 Å². The lowest BCUT2D eigenvalue weighted by molar-refractivity contribution is 0.340. The van der Waals surface area contributed by atoms with E-state index in [2.05, 4.69) is 54.2 Å². The molecule has 0 saturated carbocycles. The van der Waals surface area contributed by atoms with Crippen molar-refractivity contribution in [3.63, 3.8) is 0 Å². The van der Waals surface area contributed by atoms with Crippen molar-refractivity contribution in [1.82, 2.24) is 4.90 Å². The predicted molar refractivity (Wildman–Crippen MR) is 65.3 cm³/mol. The monoisotopic (exact) mass is 204 g/mol. The van der Waals surface area contributed by atoms with Crippen LogP contribution in [0, 0.1) is 5.92 Å². The third kappa shape index (κ3) is 2.72. The molecule has 15 heavy (non-hydrogen) atoms. The summed E-state index contributed by atoms with van der Waals surface area (Å²) < 4.78 is 0. The van der Waals surface area contributed by atoms with Crippen molar-refractivity contribution >= 4 is 5.69 Å². The molecule has 0 aliphatic carbocycles. The molecule has 1 atom stereocenters. The second-order valence-electron chi connectivity index (χ2n) is 4.70. The van der Waals surface area contributed by atoms with Gasteiger partial charge in [0.15, 0.2) is 0 Å². The minimum atomic E-state index is 0.834. The first-order valence-electron chi connectivity index (χ1n) is 5.70. The van der Waals surface area contributed by atoms with Gasteiger partial charge in [-0.1, -0.05) is 18.2 Å². The summed E-state index contributed by atoms with van der Waals surface area (Å²) in [5.41, 5.74) is 1.37. The fourth-order valence-corrected chi connectivity index (χ4v) is 2.37. The van der Waals surface area contributed by atoms with Crippen LogP contribution in [0.2, 0.25) is 0 Å². The van der Waals surface area contributed by atoms with Crippen molar-refractivity contribution < 1.29 is 0 Å². The SMILES string of the molecule is CN(C)C[C@@H]1CCN(c2ccccc2)C1. The molecule has 2 heteroatoms. The molecule has 0 radical (unpaired) electrons. The molecule has 1 fully saturated rings. The normalized spacial score (nSPS) is 21.3. The second-order valence-corrected chi connectivity index (χ2v) is 4.70. The fourth-order valence-electron chi connectivity index (χ4n) is 2.37. The standard InChI is InChI=1S/C13H20N2/c1-14(2)10-12-8-9-15(11-12)13-6-4-3-5-7-13/h3-7,12H,8-11H2,1-2H3/t12-/m0/s1. The van der Waals surface area contributed by atoms with Gasteiger partial charge in [0.05, 0.1) is 0 Å². The highest BCUT2D eigenvalue weighted by Gasteiger charge is 2.22. The third-order valence-electron chi connectivity index (χ3n) is 3.03. The zero-order chi connectivity index (χ0) is 10.7. The average molecular weight is 204 g/mol. The Morgan fingerprint density at radius 2 is 2.00 bits per heavy atom. The van der Waals surface area contributed by atoms with Gasteiger partial charge >= 0.3 is 0 Å². The van der Waals surface area contributed by atoms with E-state index in [9.17, 15) is 0 Å². The first-order chi connectivity index (χ1) is 7.25. The summed E-state index contributed by atoms with van der Waals surface area (Å²) in [6.45, 7) is 3.63. The Balaban J connectivity index is 1.93. The van der Waals surface area contributed by atoms with Crippen LogP contribution in [0.1, 0.15) is 6.42 Å². The summed E-state index contributed by atoms with van der Waals surface area (Å²) in [4.78, 5) is 4.79. The lowest BCUT2D eigenvalue weighted by Gasteiger charge is -2.20. The van der Waals surface area contributed by atoms with Gasteiger partial charge in [0, 0.05) is 25.3 Å². The highest BCUT2D eigenvalue weighted by atomic mass is 15.2. The molecule has 1 aliphatic heterocycles. The average Bonchev–Trinajstić information content (AvgIpc) is 2.67. The number of nitrogens with zero attached hydrogens (tertiary/aromatic N) is 2. The molecular weight excluding hydrogens is 184 g/mol. The van der Waals surface area contributed by atoms with Crippen molar-refractivity contribution in [2.24, 2.45) is 5.92 Å². The molecule has 82 valence electrons. The van der Waals surface area contributed by atoms with Gasteiger partial charge in [-0.25, -0.2) is 0 Å². The van der Waals surface area contributed by atoms with Crippen molar-refractivity contribution in [1.29, 1.82) is 0 Å². The van der Waals surface area contributed by atoms with Gasteiger partial charge in [-0.2, -0.15) is 0 Å². The minimum absolute atomic E-state index is 0.834. The van der Waals surface area contributed by atoms with Gasteiger partial charge in [0.25, 0.3) is 0 Å². The van der Waals surface area contributed by atoms with Gasteiger partial charge in [0.2, 0.25) is 0 Å². The van der Waals surface area contributed by atoms with Gasteiger partial charge < -0.3 is 9.80 Å². The maximum Gasteiger partial charge on any atom is 0.0366 e. The summed E-state index contributed by atoms with van der Waals surface area (Å²) in [6.07, 6.45) is 1.33. The molecule has 1 heterocycles. The van der Waals surface area contributed by atoms with E-state index in [1.807, 2.05) is 0 Å². The summed E-state index contributed by atoms with van der Waals surface area (Å²) in [5, 5.41) is 0. The molecule has 2 nitrogen and oxygen atoms in total. The number of benzene rings is 1. The summed E-state index contributed by atoms with van der Waals surface area (Å²) >= 11 is 0. The Labute approximate surface area is 92.5 Å². The molecular formula is C13H20N2. The Hall–Kier alpha value is -1.02. The molecule has 0 aromatic heterocycles. The molecule has 0 unspecified atom stereocenters. The van der Waals surface area contributed by atoms with Crippen molar-refractivity contribution in [3.8, 4) is 0 Å². The van der Waals surface area contributed by atoms with E-state index in [4.69, 9.17) is 0 Å². The molecule has 1 saturated heterocycles. The molecule has 0 amide bonds. The lowest BCUT2D eigenvalue weighted by atomic mass is 10.1. The third-order valence-corrected chi connectivity index (χ3v) is 3.03. The van der Waals surface area contributed by atoms with Gasteiger partial charge in [-0.05, 0) is 38.6 Å². The van der Waals surface area contributed by atoms with E-state index < -0.39 is 0 Å². The maximum atomic E-state index is 2.49. The smallest absolute Gasteiger partial charge is 0.0366 e. The molecule has 0 bridgehead atoms. The van der Waals surface area contributed by atoms with Gasteiger partial charge in [-0.3, -0.25) is 0 Å². The van der Waals surface area contributed by atoms with Crippen LogP contribution in [0.25, 0.3) is 0 Å². The van der Waals surface area contributed by atoms with Crippen molar-refractivity contribution in [3.05, 3.63) is 30.3 Å². The molecule has 0 N–H and O–H groups in total. The number of rotatable bonds is 3. The van der Waals surface area contributed by atoms with E-state index in [0.717, 1.165) is 5.92 Å². The molecule has 0 spiro atoms. The van der Waals surface area contributed by atoms with Gasteiger partial charge in [0.1, 0.15) is 0 Å². The zero-order valence-corrected chi connectivity index (χ0v) is 9.69. The molecule has 2 rings (SSSR count). The lowest BCUT2D eigenvalue weighted by Crippen LogP contribution is -2.25. The van der Waals surface area contributed by atoms with E-state index in [1.54, 1.807) is 0 Å². The van der Waals surface area contributed by atoms with E-state index >= 15 is 0 Å². The van der Waals surface area contributed by atoms with Crippen LogP contribution in [0.15, 0.2) is 30.3 Å². The van der Waals surface area contributed by atoms with Crippen LogP contribution >= 0.6 is 0 Å². The number of hydrogen-bond donors (Lipinski definition) is 0. The highest BCUT2D eigenvalue weighted by molar-refractivity contribution is 5.46. The van der Waals surface area contributed by atoms with E-state index in [0.29, 0.717) is 0 Å². The number of para-hydroxylation sites is 1. The van der Waals surface area contributed by atoms with Gasteiger partial charge in [-0.15, -0.1) is 0 Å². The van der Waals surface area contributed by atoms with E-state index in [1.165, 1.54) is 31.7 Å². The maximum absolute atomic E-state index is 2.49. The topological polar surface area (TPSA) is 6.48 Å². The van der Waals surface area contributed by atoms with Crippen molar-refractivity contribution in [2.75, 3.05) is 38.6 Å².